The molecule has 33 heavy (non-hydrogen) atoms. The molecule has 1 N–H and O–H groups in total. The van der Waals surface area contributed by atoms with E-state index in [-0.39, 0.29) is 25.0 Å². The van der Waals surface area contributed by atoms with Gasteiger partial charge in [-0.15, -0.1) is 0 Å². The van der Waals surface area contributed by atoms with Gasteiger partial charge in [0, 0.05) is 27.2 Å². The molecule has 0 bridgehead atoms. The van der Waals surface area contributed by atoms with Gasteiger partial charge in [0.15, 0.2) is 6.29 Å². The van der Waals surface area contributed by atoms with Crippen LogP contribution >= 0.6 is 0 Å². The van der Waals surface area contributed by atoms with Crippen LogP contribution in [0.4, 0.5) is 0 Å². The Morgan fingerprint density at radius 1 is 1.03 bits per heavy atom. The van der Waals surface area contributed by atoms with Gasteiger partial charge >= 0.3 is 0 Å². The molecule has 1 atom stereocenters. The highest BCUT2D eigenvalue weighted by molar-refractivity contribution is 6.24. The van der Waals surface area contributed by atoms with Crippen LogP contribution in [-0.2, 0) is 25.5 Å². The number of amides is 4. The maximum absolute atomic E-state index is 13.2. The molecule has 1 unspecified atom stereocenters. The normalized spacial score (nSPS) is 22.3. The van der Waals surface area contributed by atoms with Crippen LogP contribution in [0.15, 0.2) is 18.2 Å². The molecule has 0 aromatic heterocycles. The minimum absolute atomic E-state index is 0.116. The fourth-order valence-corrected chi connectivity index (χ4v) is 5.07. The van der Waals surface area contributed by atoms with Crippen molar-refractivity contribution >= 4 is 23.6 Å². The van der Waals surface area contributed by atoms with E-state index in [0.717, 1.165) is 49.4 Å². The SMILES string of the molecule is COC(CN1CCC(CCc2cccc3c2C(=O)N(C2CCC(=O)NC2=O)C3=O)CC1)OC. The molecule has 2 fully saturated rings. The number of methoxy groups -OCH3 is 2. The first-order valence-electron chi connectivity index (χ1n) is 11.5. The molecule has 9 nitrogen and oxygen atoms in total. The van der Waals surface area contributed by atoms with Crippen LogP contribution in [0.5, 0.6) is 0 Å². The van der Waals surface area contributed by atoms with Gasteiger partial charge in [-0.3, -0.25) is 34.3 Å². The van der Waals surface area contributed by atoms with Crippen molar-refractivity contribution in [3.63, 3.8) is 0 Å². The van der Waals surface area contributed by atoms with Gasteiger partial charge in [-0.25, -0.2) is 0 Å². The van der Waals surface area contributed by atoms with Gasteiger partial charge in [0.2, 0.25) is 11.8 Å². The lowest BCUT2D eigenvalue weighted by molar-refractivity contribution is -0.136. The number of carbonyl (C=O) groups excluding carboxylic acids is 4. The summed E-state index contributed by atoms with van der Waals surface area (Å²) in [5, 5.41) is 2.24. The monoisotopic (exact) mass is 457 g/mol. The number of benzene rings is 1. The molecule has 9 heteroatoms. The molecule has 3 aliphatic heterocycles. The summed E-state index contributed by atoms with van der Waals surface area (Å²) in [5.41, 5.74) is 1.61. The third kappa shape index (κ3) is 4.85. The first kappa shape index (κ1) is 23.5. The van der Waals surface area contributed by atoms with Crippen LogP contribution in [0.3, 0.4) is 0 Å². The van der Waals surface area contributed by atoms with E-state index in [0.29, 0.717) is 23.5 Å². The van der Waals surface area contributed by atoms with Crippen molar-refractivity contribution in [3.05, 3.63) is 34.9 Å². The Morgan fingerprint density at radius 2 is 1.76 bits per heavy atom. The maximum atomic E-state index is 13.2. The van der Waals surface area contributed by atoms with Gasteiger partial charge in [0.05, 0.1) is 11.1 Å². The summed E-state index contributed by atoms with van der Waals surface area (Å²) in [6, 6.07) is 4.40. The molecule has 4 amide bonds. The second-order valence-corrected chi connectivity index (χ2v) is 8.97. The number of fused-ring (bicyclic) bond motifs is 1. The molecule has 1 aromatic carbocycles. The Labute approximate surface area is 193 Å². The quantitative estimate of drug-likeness (QED) is 0.464. The lowest BCUT2D eigenvalue weighted by Crippen LogP contribution is -2.54. The van der Waals surface area contributed by atoms with Crippen molar-refractivity contribution in [2.24, 2.45) is 5.92 Å². The number of likely N-dealkylation sites (tertiary alicyclic amines) is 1. The Balaban J connectivity index is 1.39. The molecule has 1 aromatic rings. The van der Waals surface area contributed by atoms with Crippen molar-refractivity contribution in [2.45, 2.75) is 50.9 Å². The largest absolute Gasteiger partial charge is 0.355 e. The predicted octanol–water partition coefficient (Wildman–Crippen LogP) is 1.35. The van der Waals surface area contributed by atoms with Gasteiger partial charge < -0.3 is 9.47 Å². The predicted molar refractivity (Wildman–Crippen MR) is 118 cm³/mol. The second kappa shape index (κ2) is 10.1. The number of aryl methyl sites for hydroxylation is 1. The molecule has 0 aliphatic carbocycles. The van der Waals surface area contributed by atoms with Crippen LogP contribution in [0.25, 0.3) is 0 Å². The summed E-state index contributed by atoms with van der Waals surface area (Å²) < 4.78 is 10.6. The fourth-order valence-electron chi connectivity index (χ4n) is 5.07. The van der Waals surface area contributed by atoms with Crippen LogP contribution in [0.2, 0.25) is 0 Å². The van der Waals surface area contributed by atoms with E-state index in [4.69, 9.17) is 9.47 Å². The number of rotatable bonds is 8. The second-order valence-electron chi connectivity index (χ2n) is 8.97. The van der Waals surface area contributed by atoms with Gasteiger partial charge in [-0.2, -0.15) is 0 Å². The first-order valence-corrected chi connectivity index (χ1v) is 11.5. The van der Waals surface area contributed by atoms with E-state index in [9.17, 15) is 19.2 Å². The van der Waals surface area contributed by atoms with Crippen molar-refractivity contribution in [1.29, 1.82) is 0 Å². The summed E-state index contributed by atoms with van der Waals surface area (Å²) in [6.45, 7) is 2.70. The minimum Gasteiger partial charge on any atom is -0.355 e. The summed E-state index contributed by atoms with van der Waals surface area (Å²) in [4.78, 5) is 53.3. The number of piperidine rings is 2. The van der Waals surface area contributed by atoms with E-state index in [1.54, 1.807) is 26.4 Å². The Bertz CT molecular complexity index is 936. The fraction of sp³-hybridized carbons (Fsp3) is 0.583. The molecule has 178 valence electrons. The van der Waals surface area contributed by atoms with Gasteiger partial charge in [0.25, 0.3) is 11.8 Å². The topological polar surface area (TPSA) is 105 Å². The Kier molecular flexibility index (Phi) is 7.21. The molecular formula is C24H31N3O6. The zero-order valence-electron chi connectivity index (χ0n) is 19.2. The highest BCUT2D eigenvalue weighted by Gasteiger charge is 2.45. The van der Waals surface area contributed by atoms with Crippen molar-refractivity contribution in [3.8, 4) is 0 Å². The zero-order chi connectivity index (χ0) is 23.5. The van der Waals surface area contributed by atoms with Gasteiger partial charge in [-0.1, -0.05) is 12.1 Å². The van der Waals surface area contributed by atoms with E-state index < -0.39 is 23.8 Å². The van der Waals surface area contributed by atoms with Crippen LogP contribution in [0, 0.1) is 5.92 Å². The van der Waals surface area contributed by atoms with Crippen molar-refractivity contribution in [2.75, 3.05) is 33.9 Å². The van der Waals surface area contributed by atoms with E-state index in [1.165, 1.54) is 0 Å². The molecule has 2 saturated heterocycles. The van der Waals surface area contributed by atoms with E-state index >= 15 is 0 Å². The smallest absolute Gasteiger partial charge is 0.262 e. The Morgan fingerprint density at radius 3 is 2.42 bits per heavy atom. The van der Waals surface area contributed by atoms with E-state index in [1.807, 2.05) is 6.07 Å². The summed E-state index contributed by atoms with van der Waals surface area (Å²) >= 11 is 0. The first-order chi connectivity index (χ1) is 15.9. The highest BCUT2D eigenvalue weighted by Crippen LogP contribution is 2.32. The van der Waals surface area contributed by atoms with Crippen molar-refractivity contribution in [1.82, 2.24) is 15.1 Å². The summed E-state index contributed by atoms with van der Waals surface area (Å²) in [6.07, 6.45) is 3.82. The van der Waals surface area contributed by atoms with Gasteiger partial charge in [0.1, 0.15) is 6.04 Å². The lowest BCUT2D eigenvalue weighted by atomic mass is 9.89. The van der Waals surface area contributed by atoms with Crippen LogP contribution in [0.1, 0.15) is 58.4 Å². The summed E-state index contributed by atoms with van der Waals surface area (Å²) in [5.74, 6) is -1.30. The zero-order valence-corrected chi connectivity index (χ0v) is 19.2. The average Bonchev–Trinajstić information content (AvgIpc) is 3.07. The summed E-state index contributed by atoms with van der Waals surface area (Å²) in [7, 11) is 3.29. The van der Waals surface area contributed by atoms with Crippen LogP contribution in [-0.4, -0.2) is 79.6 Å². The van der Waals surface area contributed by atoms with Gasteiger partial charge in [-0.05, 0) is 62.7 Å². The minimum atomic E-state index is -0.935. The lowest BCUT2D eigenvalue weighted by Gasteiger charge is -2.33. The highest BCUT2D eigenvalue weighted by atomic mass is 16.7. The van der Waals surface area contributed by atoms with Crippen molar-refractivity contribution < 1.29 is 28.7 Å². The average molecular weight is 458 g/mol. The number of nitrogens with one attached hydrogen (secondary N) is 1. The molecule has 4 rings (SSSR count). The number of ether oxygens (including phenoxy) is 2. The van der Waals surface area contributed by atoms with E-state index in [2.05, 4.69) is 10.2 Å². The molecule has 0 radical (unpaired) electrons. The third-order valence-electron chi connectivity index (χ3n) is 7.02. The number of hydrogen-bond donors (Lipinski definition) is 1. The number of carbonyl (C=O) groups is 4. The standard InChI is InChI=1S/C24H31N3O6/c1-32-20(33-2)14-26-12-10-15(11-13-26)6-7-16-4-3-5-17-21(16)24(31)27(23(17)30)18-8-9-19(28)25-22(18)29/h3-5,15,18,20H,6-14H2,1-2H3,(H,25,28,29). The molecule has 0 spiro atoms. The molecule has 0 saturated carbocycles. The number of hydrogen-bond acceptors (Lipinski definition) is 7. The number of imide groups is 2. The molecular weight excluding hydrogens is 426 g/mol. The third-order valence-corrected chi connectivity index (χ3v) is 7.02. The molecule has 3 aliphatic rings. The molecule has 3 heterocycles. The maximum Gasteiger partial charge on any atom is 0.262 e. The Hall–Kier alpha value is -2.62. The number of nitrogens with zero attached hydrogens (tertiary/aromatic N) is 2. The van der Waals surface area contributed by atoms with Crippen LogP contribution < -0.4 is 5.32 Å².